The highest BCUT2D eigenvalue weighted by Crippen LogP contribution is 2.13. The van der Waals surface area contributed by atoms with E-state index < -0.39 is 5.79 Å². The van der Waals surface area contributed by atoms with Crippen molar-refractivity contribution in [1.29, 1.82) is 0 Å². The van der Waals surface area contributed by atoms with Crippen molar-refractivity contribution in [2.24, 2.45) is 15.7 Å². The number of benzene rings is 1. The van der Waals surface area contributed by atoms with E-state index in [0.717, 1.165) is 50.5 Å². The summed E-state index contributed by atoms with van der Waals surface area (Å²) in [6.45, 7) is 5.70. The van der Waals surface area contributed by atoms with E-state index in [2.05, 4.69) is 35.8 Å². The van der Waals surface area contributed by atoms with Crippen LogP contribution in [-0.2, 0) is 17.7 Å². The van der Waals surface area contributed by atoms with Crippen LogP contribution in [0.4, 0.5) is 0 Å². The second-order valence-electron chi connectivity index (χ2n) is 7.70. The lowest BCUT2D eigenvalue weighted by Gasteiger charge is -2.32. The maximum Gasteiger partial charge on any atom is 0.224 e. The van der Waals surface area contributed by atoms with E-state index in [-0.39, 0.29) is 0 Å². The third kappa shape index (κ3) is 6.48. The molecule has 3 heterocycles. The second-order valence-corrected chi connectivity index (χ2v) is 7.70. The lowest BCUT2D eigenvalue weighted by Crippen LogP contribution is -2.62. The molecular weight excluding hydrogens is 392 g/mol. The molecule has 31 heavy (non-hydrogen) atoms. The normalized spacial score (nSPS) is 21.6. The number of hydrogen-bond acceptors (Lipinski definition) is 9. The summed E-state index contributed by atoms with van der Waals surface area (Å²) < 4.78 is 5.41. The first kappa shape index (κ1) is 21.2. The fourth-order valence-electron chi connectivity index (χ4n) is 3.57. The number of morpholine rings is 1. The summed E-state index contributed by atoms with van der Waals surface area (Å²) in [5.41, 5.74) is 8.81. The average molecular weight is 423 g/mol. The molecule has 1 unspecified atom stereocenters. The molecule has 4 rings (SSSR count). The molecule has 164 valence electrons. The van der Waals surface area contributed by atoms with Crippen LogP contribution >= 0.6 is 0 Å². The number of aromatic nitrogens is 1. The number of rotatable bonds is 7. The molecule has 2 aromatic rings. The molecule has 1 aromatic carbocycles. The van der Waals surface area contributed by atoms with Crippen LogP contribution in [0.3, 0.4) is 0 Å². The summed E-state index contributed by atoms with van der Waals surface area (Å²) >= 11 is 0. The molecule has 0 saturated carbocycles. The minimum Gasteiger partial charge on any atom is -0.379 e. The van der Waals surface area contributed by atoms with Gasteiger partial charge in [-0.2, -0.15) is 4.99 Å². The quantitative estimate of drug-likeness (QED) is 0.506. The Hall–Kier alpha value is -3.01. The number of guanidine groups is 2. The summed E-state index contributed by atoms with van der Waals surface area (Å²) in [7, 11) is 0. The Bertz CT molecular complexity index is 883. The number of ether oxygens (including phenoxy) is 1. The fourth-order valence-corrected chi connectivity index (χ4v) is 3.57. The Balaban J connectivity index is 1.42. The molecule has 5 N–H and O–H groups in total. The van der Waals surface area contributed by atoms with E-state index in [1.807, 2.05) is 48.7 Å². The van der Waals surface area contributed by atoms with Gasteiger partial charge in [0.25, 0.3) is 0 Å². The van der Waals surface area contributed by atoms with E-state index in [1.165, 1.54) is 0 Å². The first-order valence-electron chi connectivity index (χ1n) is 10.6. The van der Waals surface area contributed by atoms with Gasteiger partial charge in [-0.3, -0.25) is 15.6 Å². The van der Waals surface area contributed by atoms with E-state index in [1.54, 1.807) is 6.20 Å². The molecule has 1 saturated heterocycles. The average Bonchev–Trinajstić information content (AvgIpc) is 2.79. The van der Waals surface area contributed by atoms with Gasteiger partial charge in [-0.25, -0.2) is 4.99 Å². The topological polar surface area (TPSA) is 112 Å². The van der Waals surface area contributed by atoms with Gasteiger partial charge in [-0.05, 0) is 17.2 Å². The molecule has 9 nitrogen and oxygen atoms in total. The van der Waals surface area contributed by atoms with Gasteiger partial charge in [0, 0.05) is 51.5 Å². The Kier molecular flexibility index (Phi) is 7.08. The van der Waals surface area contributed by atoms with Gasteiger partial charge in [0.2, 0.25) is 11.9 Å². The Labute approximate surface area is 182 Å². The Morgan fingerprint density at radius 2 is 1.87 bits per heavy atom. The number of aliphatic imine (C=N–C) groups is 2. The summed E-state index contributed by atoms with van der Waals surface area (Å²) in [6, 6.07) is 14.0. The smallest absolute Gasteiger partial charge is 0.224 e. The van der Waals surface area contributed by atoms with Gasteiger partial charge >= 0.3 is 0 Å². The Morgan fingerprint density at radius 1 is 1.06 bits per heavy atom. The van der Waals surface area contributed by atoms with E-state index in [9.17, 15) is 0 Å². The van der Waals surface area contributed by atoms with Crippen LogP contribution in [0.15, 0.2) is 64.8 Å². The molecule has 0 aliphatic carbocycles. The van der Waals surface area contributed by atoms with E-state index in [4.69, 9.17) is 10.5 Å². The van der Waals surface area contributed by atoms with Gasteiger partial charge < -0.3 is 20.7 Å². The van der Waals surface area contributed by atoms with E-state index >= 15 is 0 Å². The van der Waals surface area contributed by atoms with Crippen molar-refractivity contribution in [3.63, 3.8) is 0 Å². The SMILES string of the molecule is NC1(Cc2ccccc2)N=C(NCCN2CCOCC2)N=C(NCc2cccnc2)N1. The van der Waals surface area contributed by atoms with Gasteiger partial charge in [0.15, 0.2) is 5.79 Å². The number of nitrogens with zero attached hydrogens (tertiary/aromatic N) is 4. The van der Waals surface area contributed by atoms with Gasteiger partial charge in [0.05, 0.1) is 13.2 Å². The minimum absolute atomic E-state index is 0.527. The second kappa shape index (κ2) is 10.3. The predicted molar refractivity (Wildman–Crippen MR) is 121 cm³/mol. The first-order chi connectivity index (χ1) is 15.2. The minimum atomic E-state index is -0.998. The summed E-state index contributed by atoms with van der Waals surface area (Å²) in [6.07, 6.45) is 4.12. The van der Waals surface area contributed by atoms with Crippen molar-refractivity contribution in [2.75, 3.05) is 39.4 Å². The maximum absolute atomic E-state index is 6.66. The Morgan fingerprint density at radius 3 is 2.65 bits per heavy atom. The number of nitrogens with two attached hydrogens (primary N) is 1. The number of hydrogen-bond donors (Lipinski definition) is 4. The van der Waals surface area contributed by atoms with Crippen LogP contribution in [0.1, 0.15) is 11.1 Å². The molecule has 0 amide bonds. The predicted octanol–water partition coefficient (Wildman–Crippen LogP) is 0.263. The van der Waals surface area contributed by atoms with Crippen molar-refractivity contribution < 1.29 is 4.74 Å². The van der Waals surface area contributed by atoms with Gasteiger partial charge in [0.1, 0.15) is 0 Å². The van der Waals surface area contributed by atoms with Crippen molar-refractivity contribution in [3.05, 3.63) is 66.0 Å². The summed E-state index contributed by atoms with van der Waals surface area (Å²) in [5, 5.41) is 9.93. The zero-order valence-corrected chi connectivity index (χ0v) is 17.6. The number of pyridine rings is 1. The molecule has 0 bridgehead atoms. The molecule has 2 aliphatic heterocycles. The molecule has 0 spiro atoms. The van der Waals surface area contributed by atoms with Gasteiger partial charge in [-0.1, -0.05) is 36.4 Å². The van der Waals surface area contributed by atoms with Crippen molar-refractivity contribution in [3.8, 4) is 0 Å². The highest BCUT2D eigenvalue weighted by atomic mass is 16.5. The standard InChI is InChI=1S/C22H30N8O/c23-22(15-18-5-2-1-3-6-18)28-20(25-9-10-30-11-13-31-14-12-30)27-21(29-22)26-17-19-7-4-8-24-16-19/h1-8,16H,9-15,17,23H2,(H3,25,26,27,28,29). The monoisotopic (exact) mass is 422 g/mol. The third-order valence-corrected chi connectivity index (χ3v) is 5.17. The van der Waals surface area contributed by atoms with E-state index in [0.29, 0.717) is 24.9 Å². The zero-order chi connectivity index (χ0) is 21.4. The lowest BCUT2D eigenvalue weighted by molar-refractivity contribution is 0.0389. The van der Waals surface area contributed by atoms with Crippen LogP contribution in [0.5, 0.6) is 0 Å². The highest BCUT2D eigenvalue weighted by molar-refractivity contribution is 5.97. The van der Waals surface area contributed by atoms with Crippen LogP contribution in [0.2, 0.25) is 0 Å². The van der Waals surface area contributed by atoms with Crippen LogP contribution in [0.25, 0.3) is 0 Å². The van der Waals surface area contributed by atoms with Crippen LogP contribution in [-0.4, -0.2) is 67.0 Å². The van der Waals surface area contributed by atoms with Crippen molar-refractivity contribution >= 4 is 11.9 Å². The maximum atomic E-state index is 6.66. The summed E-state index contributed by atoms with van der Waals surface area (Å²) in [4.78, 5) is 15.8. The largest absolute Gasteiger partial charge is 0.379 e. The van der Waals surface area contributed by atoms with Gasteiger partial charge in [-0.15, -0.1) is 0 Å². The highest BCUT2D eigenvalue weighted by Gasteiger charge is 2.30. The molecule has 1 atom stereocenters. The van der Waals surface area contributed by atoms with Crippen LogP contribution in [0, 0.1) is 0 Å². The third-order valence-electron chi connectivity index (χ3n) is 5.17. The molecule has 2 aliphatic rings. The van der Waals surface area contributed by atoms with Crippen molar-refractivity contribution in [2.45, 2.75) is 18.8 Å². The molecule has 1 fully saturated rings. The summed E-state index contributed by atoms with van der Waals surface area (Å²) in [5.74, 6) is 0.118. The van der Waals surface area contributed by atoms with Crippen LogP contribution < -0.4 is 21.7 Å². The molecule has 1 aromatic heterocycles. The molecular formula is C22H30N8O. The first-order valence-corrected chi connectivity index (χ1v) is 10.6. The molecule has 0 radical (unpaired) electrons. The van der Waals surface area contributed by atoms with Crippen molar-refractivity contribution in [1.82, 2.24) is 25.8 Å². The molecule has 9 heteroatoms. The fraction of sp³-hybridized carbons (Fsp3) is 0.409. The number of nitrogens with one attached hydrogen (secondary N) is 3. The zero-order valence-electron chi connectivity index (χ0n) is 17.6. The lowest BCUT2D eigenvalue weighted by atomic mass is 10.1.